The lowest BCUT2D eigenvalue weighted by atomic mass is 9.62. The molecule has 0 spiro atoms. The van der Waals surface area contributed by atoms with E-state index in [9.17, 15) is 29.7 Å². The van der Waals surface area contributed by atoms with Crippen LogP contribution in [0.2, 0.25) is 5.02 Å². The van der Waals surface area contributed by atoms with Gasteiger partial charge in [0.1, 0.15) is 22.8 Å². The standard InChI is InChI=1S/C27H31ClN2O6/c1-11-4-3-5-12(2)30(11)10-15-9-17(31)21-16(23(15)28)7-13-6-14-8-18(32)22(27(29)36)26(35)20(14)24(33)19(13)25(21)34/h9,11-14,20,31-33H,3-8,10H2,1-2H3,(H2,29,36)/t11-,12+,13?,14?,20?. The van der Waals surface area contributed by atoms with E-state index in [4.69, 9.17) is 17.3 Å². The smallest absolute Gasteiger partial charge is 0.255 e. The molecule has 1 saturated heterocycles. The molecule has 0 saturated carbocycles. The fourth-order valence-corrected chi connectivity index (χ4v) is 7.13. The Labute approximate surface area is 214 Å². The molecule has 1 aliphatic heterocycles. The first kappa shape index (κ1) is 24.8. The van der Waals surface area contributed by atoms with Gasteiger partial charge in [0.05, 0.1) is 11.5 Å². The summed E-state index contributed by atoms with van der Waals surface area (Å²) in [5.74, 6) is -5.41. The molecule has 8 nitrogen and oxygen atoms in total. The molecule has 4 aliphatic rings. The van der Waals surface area contributed by atoms with Gasteiger partial charge in [0, 0.05) is 35.6 Å². The summed E-state index contributed by atoms with van der Waals surface area (Å²) in [4.78, 5) is 40.6. The van der Waals surface area contributed by atoms with Crippen molar-refractivity contribution in [3.63, 3.8) is 0 Å². The number of aliphatic hydroxyl groups excluding tert-OH is 2. The fraction of sp³-hybridized carbons (Fsp3) is 0.519. The van der Waals surface area contributed by atoms with Crippen molar-refractivity contribution in [2.24, 2.45) is 23.5 Å². The zero-order valence-electron chi connectivity index (χ0n) is 20.4. The van der Waals surface area contributed by atoms with Crippen LogP contribution in [0.3, 0.4) is 0 Å². The van der Waals surface area contributed by atoms with Crippen molar-refractivity contribution in [2.45, 2.75) is 71.0 Å². The molecule has 9 heteroatoms. The minimum absolute atomic E-state index is 0.00727. The van der Waals surface area contributed by atoms with Gasteiger partial charge >= 0.3 is 0 Å². The second-order valence-electron chi connectivity index (χ2n) is 10.8. The molecule has 5 atom stereocenters. The van der Waals surface area contributed by atoms with Crippen molar-refractivity contribution in [3.05, 3.63) is 50.4 Å². The van der Waals surface area contributed by atoms with Crippen molar-refractivity contribution in [1.82, 2.24) is 4.90 Å². The Morgan fingerprint density at radius 3 is 2.44 bits per heavy atom. The number of aromatic hydroxyl groups is 1. The van der Waals surface area contributed by atoms with Crippen LogP contribution in [0.5, 0.6) is 5.75 Å². The molecule has 36 heavy (non-hydrogen) atoms. The molecule has 192 valence electrons. The normalized spacial score (nSPS) is 30.7. The lowest BCUT2D eigenvalue weighted by Crippen LogP contribution is -2.44. The molecule has 1 heterocycles. The second kappa shape index (κ2) is 8.92. The quantitative estimate of drug-likeness (QED) is 0.448. The maximum Gasteiger partial charge on any atom is 0.255 e. The SMILES string of the molecule is C[C@@H]1CCC[C@H](C)N1Cc1cc(O)c2c(c1Cl)CC1CC3CC(O)=C(C(N)=O)C(=O)C3C(O)=C1C2=O. The van der Waals surface area contributed by atoms with Crippen LogP contribution < -0.4 is 5.73 Å². The van der Waals surface area contributed by atoms with E-state index in [2.05, 4.69) is 18.7 Å². The number of likely N-dealkylation sites (tertiary alicyclic amines) is 1. The zero-order valence-corrected chi connectivity index (χ0v) is 21.1. The summed E-state index contributed by atoms with van der Waals surface area (Å²) in [6.07, 6.45) is 4.02. The number of hydrogen-bond donors (Lipinski definition) is 4. The maximum absolute atomic E-state index is 13.6. The van der Waals surface area contributed by atoms with E-state index in [-0.39, 0.29) is 29.1 Å². The number of hydrogen-bond acceptors (Lipinski definition) is 7. The summed E-state index contributed by atoms with van der Waals surface area (Å²) in [5, 5.41) is 32.8. The van der Waals surface area contributed by atoms with Crippen molar-refractivity contribution in [3.8, 4) is 5.75 Å². The zero-order chi connectivity index (χ0) is 26.0. The Morgan fingerprint density at radius 1 is 1.14 bits per heavy atom. The lowest BCUT2D eigenvalue weighted by molar-refractivity contribution is -0.126. The van der Waals surface area contributed by atoms with Crippen LogP contribution in [0, 0.1) is 17.8 Å². The van der Waals surface area contributed by atoms with E-state index in [1.54, 1.807) is 0 Å². The van der Waals surface area contributed by atoms with Gasteiger partial charge < -0.3 is 21.1 Å². The highest BCUT2D eigenvalue weighted by atomic mass is 35.5. The number of rotatable bonds is 3. The molecule has 1 aromatic rings. The summed E-state index contributed by atoms with van der Waals surface area (Å²) in [6.45, 7) is 4.92. The number of phenolic OH excluding ortho intramolecular Hbond substituents is 1. The largest absolute Gasteiger partial charge is 0.511 e. The number of nitrogens with zero attached hydrogens (tertiary/aromatic N) is 1. The first-order valence-electron chi connectivity index (χ1n) is 12.5. The van der Waals surface area contributed by atoms with E-state index in [1.165, 1.54) is 12.5 Å². The van der Waals surface area contributed by atoms with E-state index in [0.29, 0.717) is 42.1 Å². The van der Waals surface area contributed by atoms with E-state index in [1.807, 2.05) is 0 Å². The van der Waals surface area contributed by atoms with Crippen molar-refractivity contribution in [2.75, 3.05) is 0 Å². The Morgan fingerprint density at radius 2 is 1.81 bits per heavy atom. The van der Waals surface area contributed by atoms with Gasteiger partial charge in [-0.3, -0.25) is 19.3 Å². The number of phenols is 1. The molecule has 5 N–H and O–H groups in total. The molecule has 0 aromatic heterocycles. The first-order valence-corrected chi connectivity index (χ1v) is 12.9. The Hall–Kier alpha value is -2.84. The third-order valence-corrected chi connectivity index (χ3v) is 9.09. The van der Waals surface area contributed by atoms with Crippen molar-refractivity contribution >= 4 is 29.1 Å². The molecular formula is C27H31ClN2O6. The molecule has 1 amide bonds. The van der Waals surface area contributed by atoms with Crippen LogP contribution in [0.15, 0.2) is 28.7 Å². The topological polar surface area (TPSA) is 141 Å². The van der Waals surface area contributed by atoms with Crippen LogP contribution in [0.4, 0.5) is 0 Å². The Balaban J connectivity index is 1.54. The summed E-state index contributed by atoms with van der Waals surface area (Å²) in [5.41, 5.74) is 6.18. The predicted octanol–water partition coefficient (Wildman–Crippen LogP) is 3.88. The number of piperidine rings is 1. The van der Waals surface area contributed by atoms with Gasteiger partial charge in [-0.2, -0.15) is 0 Å². The number of aliphatic hydroxyl groups is 2. The number of primary amides is 1. The molecule has 1 aromatic carbocycles. The van der Waals surface area contributed by atoms with Crippen LogP contribution in [-0.2, 0) is 22.6 Å². The van der Waals surface area contributed by atoms with E-state index >= 15 is 0 Å². The minimum Gasteiger partial charge on any atom is -0.511 e. The molecule has 5 rings (SSSR count). The number of amides is 1. The van der Waals surface area contributed by atoms with Gasteiger partial charge in [0.25, 0.3) is 5.91 Å². The summed E-state index contributed by atoms with van der Waals surface area (Å²) >= 11 is 6.86. The lowest BCUT2D eigenvalue weighted by Gasteiger charge is -2.41. The number of allylic oxidation sites excluding steroid dienone is 3. The molecule has 3 aliphatic carbocycles. The number of halogens is 1. The number of nitrogens with two attached hydrogens (primary N) is 1. The first-order chi connectivity index (χ1) is 17.0. The van der Waals surface area contributed by atoms with Crippen LogP contribution in [-0.4, -0.2) is 49.8 Å². The van der Waals surface area contributed by atoms with Crippen molar-refractivity contribution in [1.29, 1.82) is 0 Å². The average Bonchev–Trinajstić information content (AvgIpc) is 2.78. The number of benzene rings is 1. The predicted molar refractivity (Wildman–Crippen MR) is 133 cm³/mol. The van der Waals surface area contributed by atoms with Gasteiger partial charge in [0.2, 0.25) is 0 Å². The second-order valence-corrected chi connectivity index (χ2v) is 11.2. The van der Waals surface area contributed by atoms with E-state index in [0.717, 1.165) is 18.4 Å². The fourth-order valence-electron chi connectivity index (χ4n) is 6.84. The van der Waals surface area contributed by atoms with Gasteiger partial charge in [0.15, 0.2) is 11.6 Å². The number of fused-ring (bicyclic) bond motifs is 3. The van der Waals surface area contributed by atoms with Crippen LogP contribution in [0.1, 0.15) is 67.4 Å². The average molecular weight is 515 g/mol. The maximum atomic E-state index is 13.6. The number of carbonyl (C=O) groups excluding carboxylic acids is 3. The molecular weight excluding hydrogens is 484 g/mol. The summed E-state index contributed by atoms with van der Waals surface area (Å²) in [7, 11) is 0. The number of carbonyl (C=O) groups is 3. The number of ketones is 2. The monoisotopic (exact) mass is 514 g/mol. The van der Waals surface area contributed by atoms with Gasteiger partial charge in [-0.25, -0.2) is 0 Å². The van der Waals surface area contributed by atoms with Crippen molar-refractivity contribution < 1.29 is 29.7 Å². The summed E-state index contributed by atoms with van der Waals surface area (Å²) in [6, 6.07) is 2.29. The highest BCUT2D eigenvalue weighted by Crippen LogP contribution is 2.50. The van der Waals surface area contributed by atoms with Gasteiger partial charge in [-0.1, -0.05) is 18.0 Å². The minimum atomic E-state index is -1.13. The Kier molecular flexibility index (Phi) is 6.16. The van der Waals surface area contributed by atoms with Gasteiger partial charge in [-0.05, 0) is 68.6 Å². The molecule has 0 bridgehead atoms. The third-order valence-electron chi connectivity index (χ3n) is 8.62. The van der Waals surface area contributed by atoms with Gasteiger partial charge in [-0.15, -0.1) is 0 Å². The molecule has 1 fully saturated rings. The highest BCUT2D eigenvalue weighted by molar-refractivity contribution is 6.33. The third kappa shape index (κ3) is 3.73. The van der Waals surface area contributed by atoms with Crippen LogP contribution >= 0.6 is 11.6 Å². The molecule has 3 unspecified atom stereocenters. The van der Waals surface area contributed by atoms with E-state index < -0.39 is 46.6 Å². The Bertz CT molecular complexity index is 1240. The molecule has 0 radical (unpaired) electrons. The number of Topliss-reactive ketones (excluding diaryl/α,β-unsaturated/α-hetero) is 2. The summed E-state index contributed by atoms with van der Waals surface area (Å²) < 4.78 is 0. The van der Waals surface area contributed by atoms with Crippen LogP contribution in [0.25, 0.3) is 0 Å². The highest BCUT2D eigenvalue weighted by Gasteiger charge is 2.50.